The molecule has 82 valence electrons. The van der Waals surface area contributed by atoms with E-state index in [0.29, 0.717) is 0 Å². The lowest BCUT2D eigenvalue weighted by molar-refractivity contribution is -0.137. The van der Waals surface area contributed by atoms with Crippen molar-refractivity contribution in [3.8, 4) is 0 Å². The first-order valence-electron chi connectivity index (χ1n) is 3.97. The zero-order valence-corrected chi connectivity index (χ0v) is 8.38. The summed E-state index contributed by atoms with van der Waals surface area (Å²) >= 11 is 3.82. The van der Waals surface area contributed by atoms with Crippen LogP contribution in [-0.2, 0) is 4.79 Å². The quantitative estimate of drug-likeness (QED) is 0.420. The van der Waals surface area contributed by atoms with Gasteiger partial charge in [0.15, 0.2) is 0 Å². The van der Waals surface area contributed by atoms with Crippen LogP contribution in [0, 0.1) is 0 Å². The van der Waals surface area contributed by atoms with E-state index in [9.17, 15) is 14.4 Å². The highest BCUT2D eigenvalue weighted by Crippen LogP contribution is 1.99. The van der Waals surface area contributed by atoms with Crippen LogP contribution >= 0.6 is 12.6 Å². The largest absolute Gasteiger partial charge is 0.480 e. The van der Waals surface area contributed by atoms with E-state index in [2.05, 4.69) is 22.9 Å². The molecule has 1 aromatic rings. The molecule has 1 rings (SSSR count). The van der Waals surface area contributed by atoms with Crippen LogP contribution in [0.2, 0.25) is 0 Å². The van der Waals surface area contributed by atoms with Gasteiger partial charge in [-0.25, -0.2) is 9.59 Å². The Labute approximate surface area is 88.9 Å². The number of aliphatic carboxylic acids is 1. The Morgan fingerprint density at radius 2 is 2.20 bits per heavy atom. The molecule has 0 saturated carbocycles. The Morgan fingerprint density at radius 1 is 1.53 bits per heavy atom. The van der Waals surface area contributed by atoms with Crippen molar-refractivity contribution in [2.45, 2.75) is 6.04 Å². The third-order valence-electron chi connectivity index (χ3n) is 1.57. The van der Waals surface area contributed by atoms with Gasteiger partial charge in [-0.2, -0.15) is 12.6 Å². The van der Waals surface area contributed by atoms with Crippen molar-refractivity contribution < 1.29 is 9.90 Å². The summed E-state index contributed by atoms with van der Waals surface area (Å²) in [6.07, 6.45) is 0. The van der Waals surface area contributed by atoms with Gasteiger partial charge in [-0.1, -0.05) is 0 Å². The normalized spacial score (nSPS) is 12.1. The zero-order valence-electron chi connectivity index (χ0n) is 7.48. The number of hydrogen-bond donors (Lipinski definition) is 5. The van der Waals surface area contributed by atoms with Crippen molar-refractivity contribution in [1.29, 1.82) is 0 Å². The molecule has 4 N–H and O–H groups in total. The Bertz CT molecular complexity index is 438. The molecule has 1 heterocycles. The molecule has 1 atom stereocenters. The molecular weight excluding hydrogens is 222 g/mol. The van der Waals surface area contributed by atoms with Gasteiger partial charge >= 0.3 is 11.7 Å². The maximum atomic E-state index is 10.9. The van der Waals surface area contributed by atoms with E-state index in [4.69, 9.17) is 5.11 Å². The minimum atomic E-state index is -1.12. The van der Waals surface area contributed by atoms with Crippen molar-refractivity contribution >= 4 is 24.4 Å². The predicted molar refractivity (Wildman–Crippen MR) is 56.6 cm³/mol. The molecule has 0 saturated heterocycles. The topological polar surface area (TPSA) is 115 Å². The van der Waals surface area contributed by atoms with Crippen molar-refractivity contribution in [3.05, 3.63) is 26.9 Å². The van der Waals surface area contributed by atoms with Crippen molar-refractivity contribution in [3.63, 3.8) is 0 Å². The first-order valence-corrected chi connectivity index (χ1v) is 4.60. The monoisotopic (exact) mass is 231 g/mol. The van der Waals surface area contributed by atoms with E-state index < -0.39 is 23.3 Å². The van der Waals surface area contributed by atoms with Crippen molar-refractivity contribution in [1.82, 2.24) is 9.97 Å². The van der Waals surface area contributed by atoms with Crippen molar-refractivity contribution in [2.75, 3.05) is 11.1 Å². The van der Waals surface area contributed by atoms with Gasteiger partial charge in [-0.15, -0.1) is 0 Å². The average molecular weight is 231 g/mol. The highest BCUT2D eigenvalue weighted by Gasteiger charge is 2.15. The first kappa shape index (κ1) is 11.4. The third-order valence-corrected chi connectivity index (χ3v) is 1.94. The second kappa shape index (κ2) is 4.69. The maximum Gasteiger partial charge on any atom is 0.327 e. The van der Waals surface area contributed by atoms with E-state index in [1.54, 1.807) is 0 Å². The van der Waals surface area contributed by atoms with Crippen LogP contribution in [0.3, 0.4) is 0 Å². The Kier molecular flexibility index (Phi) is 3.56. The number of aromatic amines is 2. The summed E-state index contributed by atoms with van der Waals surface area (Å²) in [7, 11) is 0. The molecule has 15 heavy (non-hydrogen) atoms. The summed E-state index contributed by atoms with van der Waals surface area (Å²) in [5.41, 5.74) is -1.31. The van der Waals surface area contributed by atoms with Gasteiger partial charge in [0.25, 0.3) is 5.56 Å². The number of carbonyl (C=O) groups is 1. The number of thiol groups is 1. The number of hydrogen-bond acceptors (Lipinski definition) is 5. The number of carboxylic acid groups (broad SMARTS) is 1. The van der Waals surface area contributed by atoms with Gasteiger partial charge in [-0.05, 0) is 0 Å². The minimum absolute atomic E-state index is 0.0319. The number of nitrogens with one attached hydrogen (secondary N) is 3. The molecule has 0 radical (unpaired) electrons. The molecule has 0 aliphatic heterocycles. The highest BCUT2D eigenvalue weighted by atomic mass is 32.1. The van der Waals surface area contributed by atoms with Gasteiger partial charge in [0.05, 0.1) is 0 Å². The summed E-state index contributed by atoms with van der Waals surface area (Å²) in [5, 5.41) is 11.1. The summed E-state index contributed by atoms with van der Waals surface area (Å²) in [5.74, 6) is -1.04. The number of H-pyrrole nitrogens is 2. The molecule has 0 amide bonds. The second-order valence-corrected chi connectivity index (χ2v) is 3.08. The van der Waals surface area contributed by atoms with Gasteiger partial charge in [-0.3, -0.25) is 14.8 Å². The fraction of sp³-hybridized carbons (Fsp3) is 0.286. The molecule has 0 aromatic carbocycles. The average Bonchev–Trinajstić information content (AvgIpc) is 2.12. The third kappa shape index (κ3) is 3.17. The fourth-order valence-electron chi connectivity index (χ4n) is 0.920. The van der Waals surface area contributed by atoms with Gasteiger partial charge in [0.1, 0.15) is 11.9 Å². The number of aromatic nitrogens is 2. The predicted octanol–water partition coefficient (Wildman–Crippen LogP) is -1.14. The Morgan fingerprint density at radius 3 is 2.67 bits per heavy atom. The molecule has 8 heteroatoms. The van der Waals surface area contributed by atoms with Gasteiger partial charge in [0.2, 0.25) is 0 Å². The standard InChI is InChI=1S/C7H9N3O4S/c11-5-1-4(9-7(14)10-5)8-3(2-15)6(12)13/h1,3,15H,2H2,(H,12,13)(H3,8,9,10,11,14). The molecule has 7 nitrogen and oxygen atoms in total. The minimum Gasteiger partial charge on any atom is -0.480 e. The highest BCUT2D eigenvalue weighted by molar-refractivity contribution is 7.80. The molecular formula is C7H9N3O4S. The molecule has 0 aliphatic rings. The lowest BCUT2D eigenvalue weighted by atomic mass is 10.3. The summed E-state index contributed by atoms with van der Waals surface area (Å²) in [6.45, 7) is 0. The van der Waals surface area contributed by atoms with E-state index in [1.165, 1.54) is 0 Å². The Hall–Kier alpha value is -1.70. The van der Waals surface area contributed by atoms with E-state index in [0.717, 1.165) is 6.07 Å². The summed E-state index contributed by atoms with van der Waals surface area (Å²) < 4.78 is 0. The zero-order chi connectivity index (χ0) is 11.4. The molecule has 1 aromatic heterocycles. The number of rotatable bonds is 4. The molecule has 0 aliphatic carbocycles. The van der Waals surface area contributed by atoms with Crippen LogP contribution in [-0.4, -0.2) is 32.8 Å². The second-order valence-electron chi connectivity index (χ2n) is 2.72. The van der Waals surface area contributed by atoms with Crippen molar-refractivity contribution in [2.24, 2.45) is 0 Å². The van der Waals surface area contributed by atoms with Crippen LogP contribution in [0.15, 0.2) is 15.7 Å². The lowest BCUT2D eigenvalue weighted by Crippen LogP contribution is -2.33. The lowest BCUT2D eigenvalue weighted by Gasteiger charge is -2.11. The molecule has 1 unspecified atom stereocenters. The smallest absolute Gasteiger partial charge is 0.327 e. The van der Waals surface area contributed by atoms with E-state index >= 15 is 0 Å². The van der Waals surface area contributed by atoms with Crippen LogP contribution in [0.4, 0.5) is 5.82 Å². The summed E-state index contributed by atoms with van der Waals surface area (Å²) in [4.78, 5) is 36.5. The van der Waals surface area contributed by atoms with Gasteiger partial charge < -0.3 is 10.4 Å². The van der Waals surface area contributed by atoms with Crippen LogP contribution in [0.5, 0.6) is 0 Å². The summed E-state index contributed by atoms with van der Waals surface area (Å²) in [6, 6.07) is 0.0895. The van der Waals surface area contributed by atoms with E-state index in [1.807, 2.05) is 4.98 Å². The molecule has 0 spiro atoms. The first-order chi connectivity index (χ1) is 7.02. The SMILES string of the molecule is O=C(O)C(CS)Nc1cc(=O)[nH]c(=O)[nH]1. The Balaban J connectivity index is 2.93. The van der Waals surface area contributed by atoms with Crippen LogP contribution in [0.25, 0.3) is 0 Å². The van der Waals surface area contributed by atoms with E-state index in [-0.39, 0.29) is 11.6 Å². The fourth-order valence-corrected chi connectivity index (χ4v) is 1.17. The van der Waals surface area contributed by atoms with Crippen LogP contribution in [0.1, 0.15) is 0 Å². The number of anilines is 1. The maximum absolute atomic E-state index is 10.9. The van der Waals surface area contributed by atoms with Gasteiger partial charge in [0, 0.05) is 11.8 Å². The van der Waals surface area contributed by atoms with Crippen LogP contribution < -0.4 is 16.6 Å². The molecule has 0 bridgehead atoms. The number of carboxylic acids is 1. The molecule has 0 fully saturated rings.